The Balaban J connectivity index is 1.78. The minimum Gasteiger partial charge on any atom is -0.273 e. The van der Waals surface area contributed by atoms with E-state index < -0.39 is 5.91 Å². The standard InChI is InChI=1S/C19H24N4O3/c1-2-23-19(26)15-12-8-7-11-14(15)16(22-23)18(25)21-20-17(24)13-9-5-3-4-6-10-13/h7-8,11-13H,2-6,9-10H2,1H3,(H,20,24)(H,21,25). The van der Waals surface area contributed by atoms with Gasteiger partial charge in [-0.2, -0.15) is 5.10 Å². The van der Waals surface area contributed by atoms with Crippen LogP contribution < -0.4 is 16.4 Å². The number of fused-ring (bicyclic) bond motifs is 1. The van der Waals surface area contributed by atoms with Crippen LogP contribution in [0.1, 0.15) is 55.9 Å². The molecule has 7 nitrogen and oxygen atoms in total. The number of amides is 2. The molecule has 1 fully saturated rings. The van der Waals surface area contributed by atoms with Gasteiger partial charge in [-0.3, -0.25) is 25.2 Å². The first-order valence-corrected chi connectivity index (χ1v) is 9.22. The summed E-state index contributed by atoms with van der Waals surface area (Å²) >= 11 is 0. The molecule has 0 spiro atoms. The Kier molecular flexibility index (Phi) is 5.65. The number of nitrogens with zero attached hydrogens (tertiary/aromatic N) is 2. The Labute approximate surface area is 151 Å². The highest BCUT2D eigenvalue weighted by Gasteiger charge is 2.22. The number of aryl methyl sites for hydroxylation is 1. The molecule has 1 saturated carbocycles. The fourth-order valence-corrected chi connectivity index (χ4v) is 3.44. The van der Waals surface area contributed by atoms with Gasteiger partial charge in [0.1, 0.15) is 0 Å². The molecule has 0 unspecified atom stereocenters. The molecule has 1 aromatic carbocycles. The topological polar surface area (TPSA) is 93.1 Å². The maximum atomic E-state index is 12.6. The first-order valence-electron chi connectivity index (χ1n) is 9.22. The number of carbonyl (C=O) groups excluding carboxylic acids is 2. The van der Waals surface area contributed by atoms with Crippen LogP contribution in [0.4, 0.5) is 0 Å². The van der Waals surface area contributed by atoms with Gasteiger partial charge in [-0.25, -0.2) is 4.68 Å². The molecule has 0 radical (unpaired) electrons. The zero-order valence-electron chi connectivity index (χ0n) is 15.0. The van der Waals surface area contributed by atoms with Crippen molar-refractivity contribution < 1.29 is 9.59 Å². The highest BCUT2D eigenvalue weighted by atomic mass is 16.2. The van der Waals surface area contributed by atoms with Crippen molar-refractivity contribution in [2.45, 2.75) is 52.0 Å². The van der Waals surface area contributed by atoms with E-state index in [0.29, 0.717) is 17.3 Å². The Morgan fingerprint density at radius 2 is 1.73 bits per heavy atom. The van der Waals surface area contributed by atoms with Gasteiger partial charge < -0.3 is 0 Å². The molecular formula is C19H24N4O3. The molecule has 3 rings (SSSR count). The van der Waals surface area contributed by atoms with Gasteiger partial charge in [0.15, 0.2) is 5.69 Å². The van der Waals surface area contributed by atoms with Crippen LogP contribution in [0.2, 0.25) is 0 Å². The van der Waals surface area contributed by atoms with E-state index >= 15 is 0 Å². The van der Waals surface area contributed by atoms with Crippen molar-refractivity contribution in [1.82, 2.24) is 20.6 Å². The van der Waals surface area contributed by atoms with E-state index in [-0.39, 0.29) is 23.1 Å². The van der Waals surface area contributed by atoms with Crippen LogP contribution in [0, 0.1) is 5.92 Å². The molecule has 1 heterocycles. The molecular weight excluding hydrogens is 332 g/mol. The van der Waals surface area contributed by atoms with Crippen LogP contribution in [0.3, 0.4) is 0 Å². The SMILES string of the molecule is CCn1nc(C(=O)NNC(=O)C2CCCCCC2)c2ccccc2c1=O. The fraction of sp³-hybridized carbons (Fsp3) is 0.474. The van der Waals surface area contributed by atoms with Crippen LogP contribution in [0.25, 0.3) is 10.8 Å². The van der Waals surface area contributed by atoms with E-state index in [4.69, 9.17) is 0 Å². The minimum absolute atomic E-state index is 0.0629. The summed E-state index contributed by atoms with van der Waals surface area (Å²) in [6.45, 7) is 2.15. The van der Waals surface area contributed by atoms with Gasteiger partial charge in [-0.05, 0) is 25.8 Å². The van der Waals surface area contributed by atoms with Crippen LogP contribution >= 0.6 is 0 Å². The molecule has 138 valence electrons. The van der Waals surface area contributed by atoms with Crippen molar-refractivity contribution in [3.63, 3.8) is 0 Å². The van der Waals surface area contributed by atoms with Crippen LogP contribution in [-0.4, -0.2) is 21.6 Å². The third kappa shape index (κ3) is 3.76. The third-order valence-corrected chi connectivity index (χ3v) is 4.91. The van der Waals surface area contributed by atoms with Crippen molar-refractivity contribution in [2.24, 2.45) is 5.92 Å². The second kappa shape index (κ2) is 8.12. The summed E-state index contributed by atoms with van der Waals surface area (Å²) < 4.78 is 1.25. The monoisotopic (exact) mass is 356 g/mol. The third-order valence-electron chi connectivity index (χ3n) is 4.91. The number of benzene rings is 1. The van der Waals surface area contributed by atoms with Gasteiger partial charge in [0, 0.05) is 17.8 Å². The summed E-state index contributed by atoms with van der Waals surface area (Å²) in [5.41, 5.74) is 4.89. The average molecular weight is 356 g/mol. The summed E-state index contributed by atoms with van der Waals surface area (Å²) in [4.78, 5) is 37.3. The number of nitrogens with one attached hydrogen (secondary N) is 2. The van der Waals surface area contributed by atoms with Gasteiger partial charge in [-0.1, -0.05) is 43.9 Å². The van der Waals surface area contributed by atoms with E-state index in [2.05, 4.69) is 16.0 Å². The Morgan fingerprint density at radius 1 is 1.08 bits per heavy atom. The predicted molar refractivity (Wildman–Crippen MR) is 98.5 cm³/mol. The van der Waals surface area contributed by atoms with E-state index in [1.807, 2.05) is 0 Å². The molecule has 2 amide bonds. The Hall–Kier alpha value is -2.70. The molecule has 0 bridgehead atoms. The number of rotatable bonds is 3. The smallest absolute Gasteiger partial charge is 0.273 e. The van der Waals surface area contributed by atoms with Crippen LogP contribution in [0.5, 0.6) is 0 Å². The van der Waals surface area contributed by atoms with Crippen LogP contribution in [-0.2, 0) is 11.3 Å². The normalized spacial score (nSPS) is 15.4. The molecule has 7 heteroatoms. The van der Waals surface area contributed by atoms with Gasteiger partial charge >= 0.3 is 0 Å². The molecule has 1 aliphatic carbocycles. The van der Waals surface area contributed by atoms with E-state index in [0.717, 1.165) is 38.5 Å². The average Bonchev–Trinajstić information content (AvgIpc) is 2.96. The summed E-state index contributed by atoms with van der Waals surface area (Å²) in [5.74, 6) is -0.745. The summed E-state index contributed by atoms with van der Waals surface area (Å²) in [6, 6.07) is 6.86. The maximum absolute atomic E-state index is 12.6. The number of hydrazine groups is 1. The second-order valence-corrected chi connectivity index (χ2v) is 6.65. The second-order valence-electron chi connectivity index (χ2n) is 6.65. The Bertz CT molecular complexity index is 867. The first-order chi connectivity index (χ1) is 12.6. The van der Waals surface area contributed by atoms with Crippen LogP contribution in [0.15, 0.2) is 29.1 Å². The highest BCUT2D eigenvalue weighted by Crippen LogP contribution is 2.22. The van der Waals surface area contributed by atoms with Gasteiger partial charge in [0.2, 0.25) is 5.91 Å². The molecule has 0 aliphatic heterocycles. The quantitative estimate of drug-likeness (QED) is 0.651. The lowest BCUT2D eigenvalue weighted by molar-refractivity contribution is -0.126. The highest BCUT2D eigenvalue weighted by molar-refractivity contribution is 6.05. The largest absolute Gasteiger partial charge is 0.290 e. The molecule has 2 aromatic rings. The van der Waals surface area contributed by atoms with Crippen molar-refractivity contribution in [2.75, 3.05) is 0 Å². The summed E-state index contributed by atoms with van der Waals surface area (Å²) in [7, 11) is 0. The van der Waals surface area contributed by atoms with E-state index in [9.17, 15) is 14.4 Å². The van der Waals surface area contributed by atoms with Crippen molar-refractivity contribution in [3.05, 3.63) is 40.3 Å². The number of hydrogen-bond acceptors (Lipinski definition) is 4. The predicted octanol–water partition coefficient (Wildman–Crippen LogP) is 2.15. The zero-order chi connectivity index (χ0) is 18.5. The lowest BCUT2D eigenvalue weighted by Crippen LogP contribution is -2.45. The maximum Gasteiger partial charge on any atom is 0.290 e. The zero-order valence-corrected chi connectivity index (χ0v) is 15.0. The Morgan fingerprint density at radius 3 is 2.38 bits per heavy atom. The van der Waals surface area contributed by atoms with Gasteiger partial charge in [0.25, 0.3) is 11.5 Å². The van der Waals surface area contributed by atoms with Crippen molar-refractivity contribution in [3.8, 4) is 0 Å². The number of aromatic nitrogens is 2. The molecule has 0 saturated heterocycles. The first kappa shape index (κ1) is 18.1. The molecule has 2 N–H and O–H groups in total. The molecule has 26 heavy (non-hydrogen) atoms. The minimum atomic E-state index is -0.523. The lowest BCUT2D eigenvalue weighted by Gasteiger charge is -2.15. The number of hydrogen-bond donors (Lipinski definition) is 2. The molecule has 1 aliphatic rings. The van der Waals surface area contributed by atoms with E-state index in [1.165, 1.54) is 4.68 Å². The molecule has 1 aromatic heterocycles. The van der Waals surface area contributed by atoms with Gasteiger partial charge in [-0.15, -0.1) is 0 Å². The summed E-state index contributed by atoms with van der Waals surface area (Å²) in [6.07, 6.45) is 6.10. The fourth-order valence-electron chi connectivity index (χ4n) is 3.44. The van der Waals surface area contributed by atoms with Gasteiger partial charge in [0.05, 0.1) is 5.39 Å². The van der Waals surface area contributed by atoms with Crippen molar-refractivity contribution in [1.29, 1.82) is 0 Å². The number of carbonyl (C=O) groups is 2. The molecule has 0 atom stereocenters. The van der Waals surface area contributed by atoms with E-state index in [1.54, 1.807) is 31.2 Å². The lowest BCUT2D eigenvalue weighted by atomic mass is 10.00. The summed E-state index contributed by atoms with van der Waals surface area (Å²) in [5, 5.41) is 5.08. The van der Waals surface area contributed by atoms with Crippen molar-refractivity contribution >= 4 is 22.6 Å².